The van der Waals surface area contributed by atoms with Crippen LogP contribution >= 0.6 is 7.14 Å². The summed E-state index contributed by atoms with van der Waals surface area (Å²) in [5.41, 5.74) is 8.79. The molecule has 4 fully saturated rings. The molecule has 6 nitrogen and oxygen atoms in total. The molecule has 0 aromatic heterocycles. The van der Waals surface area contributed by atoms with Crippen LogP contribution in [0.1, 0.15) is 185 Å². The van der Waals surface area contributed by atoms with Gasteiger partial charge in [-0.25, -0.2) is 0 Å². The topological polar surface area (TPSA) is 104 Å². The van der Waals surface area contributed by atoms with Gasteiger partial charge < -0.3 is 24.3 Å². The van der Waals surface area contributed by atoms with Crippen LogP contribution in [0, 0.1) is 46.3 Å². The second-order valence-corrected chi connectivity index (χ2v) is 35.4. The summed E-state index contributed by atoms with van der Waals surface area (Å²) in [5, 5.41) is 32.0. The molecule has 436 valence electrons. The number of hydrogen-bond donors (Lipinski definition) is 3. The predicted octanol–water partition coefficient (Wildman–Crippen LogP) is 17.3. The van der Waals surface area contributed by atoms with E-state index in [2.05, 4.69) is 119 Å². The van der Waals surface area contributed by atoms with Crippen molar-refractivity contribution in [1.29, 1.82) is 0 Å². The number of aliphatic hydroxyl groups is 3. The first-order chi connectivity index (χ1) is 37.0. The highest BCUT2D eigenvalue weighted by molar-refractivity contribution is 7.78. The van der Waals surface area contributed by atoms with Gasteiger partial charge in [0.15, 0.2) is 8.32 Å². The third-order valence-corrected chi connectivity index (χ3v) is 23.3. The lowest BCUT2D eigenvalue weighted by Gasteiger charge is -2.42. The third-order valence-electron chi connectivity index (χ3n) is 19.1. The van der Waals surface area contributed by atoms with Crippen LogP contribution in [-0.2, 0) is 13.8 Å². The van der Waals surface area contributed by atoms with Gasteiger partial charge in [-0.2, -0.15) is 0 Å². The maximum absolute atomic E-state index is 14.1. The fraction of sp³-hybridized carbons (Fsp3) is 0.620. The normalized spacial score (nSPS) is 29.9. The van der Waals surface area contributed by atoms with Crippen molar-refractivity contribution in [2.75, 3.05) is 6.16 Å². The summed E-state index contributed by atoms with van der Waals surface area (Å²) in [6.07, 6.45) is 29.5. The van der Waals surface area contributed by atoms with Crippen molar-refractivity contribution in [2.24, 2.45) is 46.3 Å². The second kappa shape index (κ2) is 27.3. The third kappa shape index (κ3) is 17.1. The number of fused-ring (bicyclic) bond motifs is 2. The highest BCUT2D eigenvalue weighted by Gasteiger charge is 2.48. The first-order valence-corrected chi connectivity index (χ1v) is 36.2. The maximum Gasteiger partial charge on any atom is 0.184 e. The number of ketones is 1. The Labute approximate surface area is 482 Å². The molecular weight excluding hydrogens is 1010 g/mol. The van der Waals surface area contributed by atoms with Crippen LogP contribution in [0.25, 0.3) is 0 Å². The van der Waals surface area contributed by atoms with E-state index in [-0.39, 0.29) is 22.3 Å². The molecule has 0 spiro atoms. The molecule has 8 heteroatoms. The summed E-state index contributed by atoms with van der Waals surface area (Å²) in [4.78, 5) is 12.3. The molecule has 3 N–H and O–H groups in total. The molecule has 2 aromatic rings. The maximum atomic E-state index is 14.1. The minimum atomic E-state index is -2.67. The largest absolute Gasteiger partial charge is 0.413 e. The fourth-order valence-electron chi connectivity index (χ4n) is 15.1. The monoisotopic (exact) mass is 1110 g/mol. The van der Waals surface area contributed by atoms with E-state index in [4.69, 9.17) is 4.43 Å². The molecule has 6 aliphatic rings. The number of carbonyl (C=O) groups excluding carboxylic acids is 1. The summed E-state index contributed by atoms with van der Waals surface area (Å²) < 4.78 is 20.4. The van der Waals surface area contributed by atoms with Crippen molar-refractivity contribution >= 4 is 31.9 Å². The fourth-order valence-corrected chi connectivity index (χ4v) is 19.3. The van der Waals surface area contributed by atoms with E-state index >= 15 is 0 Å². The molecule has 2 unspecified atom stereocenters. The Morgan fingerprint density at radius 3 is 1.84 bits per heavy atom. The number of rotatable bonds is 17. The minimum absolute atomic E-state index is 0.0124. The van der Waals surface area contributed by atoms with E-state index in [9.17, 15) is 24.7 Å². The van der Waals surface area contributed by atoms with Crippen LogP contribution < -0.4 is 10.6 Å². The van der Waals surface area contributed by atoms with Gasteiger partial charge in [0, 0.05) is 35.5 Å². The van der Waals surface area contributed by atoms with Gasteiger partial charge in [0.25, 0.3) is 0 Å². The zero-order valence-electron chi connectivity index (χ0n) is 51.6. The summed E-state index contributed by atoms with van der Waals surface area (Å²) in [5.74, 6) is 3.67. The number of Topliss-reactive ketones (excluding diaryl/α,β-unsaturated/α-hetero) is 1. The molecule has 2 aromatic carbocycles. The lowest BCUT2D eigenvalue weighted by Crippen LogP contribution is -2.38. The van der Waals surface area contributed by atoms with Gasteiger partial charge in [0.2, 0.25) is 0 Å². The predicted molar refractivity (Wildman–Crippen MR) is 338 cm³/mol. The number of aliphatic hydroxyl groups excluding tert-OH is 2. The molecule has 6 aliphatic carbocycles. The van der Waals surface area contributed by atoms with Gasteiger partial charge in [-0.1, -0.05) is 175 Å². The Hall–Kier alpha value is -3.42. The van der Waals surface area contributed by atoms with E-state index in [1.165, 1.54) is 55.2 Å². The standard InChI is InChI=1S/C27H42O3.C23H27OP.C21H38O2Si/c1-18(8-6-14-26(3,4)30)23-12-13-24-20(9-7-15-27(23,24)5)10-11-21-16-22(28)17-25(29)19(21)2;1-18-16-19(2)20(3)21(17-18)14-15-25(24,22-10-6-4-7-11-22)23-12-8-5-9-13-23;1-16(10-8-14-20(2,3)23-24(5,6)7)17-12-13-18-19(22)11-9-15-21(17,18)4/h10-12,18,22,24-25,28-30H,2,6-9,13-17H2,1,3-5H3;4-14,18-19H,3,15-17H2,1-2H3;12,16,18H,8-11,13-15H2,1-7H3/b20-10+,21-11-;21-14-;/t18-,22+,24?,25+,27-;18-,19+;16-,18?,21-/m111/s1. The zero-order chi connectivity index (χ0) is 58.1. The van der Waals surface area contributed by atoms with Crippen molar-refractivity contribution in [1.82, 2.24) is 0 Å². The second-order valence-electron chi connectivity index (χ2n) is 28.1. The lowest BCUT2D eigenvalue weighted by atomic mass is 9.62. The molecule has 10 atom stereocenters. The van der Waals surface area contributed by atoms with Crippen molar-refractivity contribution in [3.05, 3.63) is 143 Å². The molecule has 4 saturated carbocycles. The van der Waals surface area contributed by atoms with Gasteiger partial charge >= 0.3 is 0 Å². The van der Waals surface area contributed by atoms with Crippen LogP contribution in [0.5, 0.6) is 0 Å². The molecule has 0 bridgehead atoms. The summed E-state index contributed by atoms with van der Waals surface area (Å²) in [6.45, 7) is 37.5. The molecule has 0 amide bonds. The highest BCUT2D eigenvalue weighted by atomic mass is 31.2. The summed E-state index contributed by atoms with van der Waals surface area (Å²) in [6, 6.07) is 19.8. The van der Waals surface area contributed by atoms with Crippen molar-refractivity contribution < 1.29 is 29.1 Å². The molecule has 0 radical (unpaired) electrons. The van der Waals surface area contributed by atoms with Crippen LogP contribution in [0.15, 0.2) is 143 Å². The average molecular weight is 1120 g/mol. The van der Waals surface area contributed by atoms with Gasteiger partial charge in [0.05, 0.1) is 23.4 Å². The molecular formula is C71H107O6PSi. The van der Waals surface area contributed by atoms with Gasteiger partial charge in [-0.3, -0.25) is 4.79 Å². The van der Waals surface area contributed by atoms with Crippen LogP contribution in [0.2, 0.25) is 19.6 Å². The molecule has 79 heavy (non-hydrogen) atoms. The van der Waals surface area contributed by atoms with Gasteiger partial charge in [0.1, 0.15) is 12.9 Å². The Kier molecular flexibility index (Phi) is 22.4. The number of hydrogen-bond acceptors (Lipinski definition) is 6. The lowest BCUT2D eigenvalue weighted by molar-refractivity contribution is -0.128. The van der Waals surface area contributed by atoms with Gasteiger partial charge in [-0.15, -0.1) is 0 Å². The Morgan fingerprint density at radius 2 is 1.28 bits per heavy atom. The SMILES string of the molecule is C=C1/C(=C\C=C2/CCC[C@]3(C)C([C@H](C)CCCC(C)(C)O)=CCC23)C[C@H](O)C[C@@H]1O.C=C1/C(=C\CP(=O)(c2ccccc2)c2ccccc2)C[C@H](C)C[C@@H]1C.C[C@H](CCCC(C)(C)O[Si](C)(C)C)C1=CCC2C(=O)CCC[C@]12C. The Morgan fingerprint density at radius 1 is 0.747 bits per heavy atom. The van der Waals surface area contributed by atoms with E-state index < -0.39 is 33.3 Å². The number of carbonyl (C=O) groups is 1. The van der Waals surface area contributed by atoms with E-state index in [1.807, 2.05) is 74.5 Å². The Bertz CT molecular complexity index is 2560. The Balaban J connectivity index is 0.000000193. The molecule has 8 rings (SSSR count). The summed E-state index contributed by atoms with van der Waals surface area (Å²) >= 11 is 0. The first kappa shape index (κ1) is 64.7. The van der Waals surface area contributed by atoms with Gasteiger partial charge in [-0.05, 0) is 200 Å². The van der Waals surface area contributed by atoms with Crippen LogP contribution in [0.4, 0.5) is 0 Å². The van der Waals surface area contributed by atoms with Crippen LogP contribution in [0.3, 0.4) is 0 Å². The van der Waals surface area contributed by atoms with Crippen molar-refractivity contribution in [3.63, 3.8) is 0 Å². The molecule has 0 aliphatic heterocycles. The highest BCUT2D eigenvalue weighted by Crippen LogP contribution is 2.58. The average Bonchev–Trinajstić information content (AvgIpc) is 4.10. The van der Waals surface area contributed by atoms with E-state index in [1.54, 1.807) is 11.1 Å². The quantitative estimate of drug-likeness (QED) is 0.0828. The van der Waals surface area contributed by atoms with E-state index in [0.717, 1.165) is 86.0 Å². The van der Waals surface area contributed by atoms with Crippen LogP contribution in [-0.4, -0.2) is 59.0 Å². The van der Waals surface area contributed by atoms with Crippen molar-refractivity contribution in [3.8, 4) is 0 Å². The zero-order valence-corrected chi connectivity index (χ0v) is 53.5. The number of benzene rings is 2. The van der Waals surface area contributed by atoms with Crippen molar-refractivity contribution in [2.45, 2.75) is 228 Å². The smallest absolute Gasteiger partial charge is 0.184 e. The minimum Gasteiger partial charge on any atom is -0.413 e. The molecule has 0 saturated heterocycles. The summed E-state index contributed by atoms with van der Waals surface area (Å²) in [7, 11) is -4.16. The van der Waals surface area contributed by atoms with E-state index in [0.29, 0.717) is 54.4 Å². The first-order valence-electron chi connectivity index (χ1n) is 30.9. The number of allylic oxidation sites excluding steroid dienone is 10. The molecule has 0 heterocycles.